The normalized spacial score (nSPS) is 15.8. The highest BCUT2D eigenvalue weighted by molar-refractivity contribution is 9.10. The predicted octanol–water partition coefficient (Wildman–Crippen LogP) is 6.72. The first-order valence-electron chi connectivity index (χ1n) is 10.9. The zero-order chi connectivity index (χ0) is 22.9. The quantitative estimate of drug-likeness (QED) is 0.275. The fraction of sp³-hybridized carbons (Fsp3) is 0.185. The first-order valence-corrected chi connectivity index (χ1v) is 12.7. The van der Waals surface area contributed by atoms with E-state index in [9.17, 15) is 4.79 Å². The van der Waals surface area contributed by atoms with Gasteiger partial charge in [-0.25, -0.2) is 5.01 Å². The number of fused-ring (bicyclic) bond motifs is 1. The van der Waals surface area contributed by atoms with E-state index < -0.39 is 0 Å². The van der Waals surface area contributed by atoms with Crippen molar-refractivity contribution in [2.24, 2.45) is 12.1 Å². The molecule has 0 aliphatic carbocycles. The van der Waals surface area contributed by atoms with Crippen LogP contribution in [0.5, 0.6) is 0 Å². The Morgan fingerprint density at radius 2 is 1.79 bits per heavy atom. The van der Waals surface area contributed by atoms with E-state index in [1.165, 1.54) is 16.5 Å². The largest absolute Gasteiger partial charge is 0.349 e. The lowest BCUT2D eigenvalue weighted by atomic mass is 9.98. The molecule has 1 amide bonds. The van der Waals surface area contributed by atoms with Crippen molar-refractivity contribution in [1.82, 2.24) is 9.58 Å². The van der Waals surface area contributed by atoms with Gasteiger partial charge in [0.1, 0.15) is 0 Å². The highest BCUT2D eigenvalue weighted by atomic mass is 79.9. The van der Waals surface area contributed by atoms with Crippen molar-refractivity contribution in [3.8, 4) is 0 Å². The van der Waals surface area contributed by atoms with Crippen LogP contribution >= 0.6 is 27.7 Å². The van der Waals surface area contributed by atoms with Gasteiger partial charge < -0.3 is 4.57 Å². The molecular formula is C27H24BrN3OS. The van der Waals surface area contributed by atoms with E-state index in [0.29, 0.717) is 12.2 Å². The molecule has 5 rings (SSSR count). The smallest absolute Gasteiger partial charge is 0.253 e. The summed E-state index contributed by atoms with van der Waals surface area (Å²) < 4.78 is 3.14. The standard InChI is InChI=1S/C27H24BrN3OS/c1-18-7-9-20(10-8-18)25-15-23(19-11-13-21(28)14-12-19)29-31(25)27(32)17-33-26-16-30(2)24-6-4-3-5-22(24)26/h3-14,16,25H,15,17H2,1-2H3/t25-/m0/s1. The Labute approximate surface area is 206 Å². The molecule has 0 N–H and O–H groups in total. The Morgan fingerprint density at radius 1 is 1.06 bits per heavy atom. The summed E-state index contributed by atoms with van der Waals surface area (Å²) in [5.74, 6) is 0.360. The molecule has 0 unspecified atom stereocenters. The first kappa shape index (κ1) is 22.0. The number of hydrogen-bond acceptors (Lipinski definition) is 3. The Bertz CT molecular complexity index is 1340. The third kappa shape index (κ3) is 4.50. The molecule has 0 fully saturated rings. The van der Waals surface area contributed by atoms with Crippen LogP contribution in [0.25, 0.3) is 10.9 Å². The Morgan fingerprint density at radius 3 is 2.55 bits per heavy atom. The third-order valence-electron chi connectivity index (χ3n) is 6.02. The summed E-state index contributed by atoms with van der Waals surface area (Å²) in [7, 11) is 2.04. The summed E-state index contributed by atoms with van der Waals surface area (Å²) >= 11 is 5.07. The van der Waals surface area contributed by atoms with Gasteiger partial charge in [-0.15, -0.1) is 11.8 Å². The van der Waals surface area contributed by atoms with Crippen LogP contribution < -0.4 is 0 Å². The number of carbonyl (C=O) groups excluding carboxylic acids is 1. The van der Waals surface area contributed by atoms with Crippen molar-refractivity contribution in [3.63, 3.8) is 0 Å². The van der Waals surface area contributed by atoms with Crippen molar-refractivity contribution in [3.05, 3.63) is 100 Å². The zero-order valence-corrected chi connectivity index (χ0v) is 20.9. The lowest BCUT2D eigenvalue weighted by molar-refractivity contribution is -0.130. The molecule has 3 aromatic carbocycles. The molecule has 2 heterocycles. The average Bonchev–Trinajstić information content (AvgIpc) is 3.41. The molecule has 0 radical (unpaired) electrons. The van der Waals surface area contributed by atoms with Gasteiger partial charge in [0, 0.05) is 39.9 Å². The van der Waals surface area contributed by atoms with Crippen LogP contribution in [-0.4, -0.2) is 26.9 Å². The zero-order valence-electron chi connectivity index (χ0n) is 18.5. The number of hydrogen-bond donors (Lipinski definition) is 0. The molecule has 33 heavy (non-hydrogen) atoms. The topological polar surface area (TPSA) is 37.6 Å². The molecule has 0 bridgehead atoms. The van der Waals surface area contributed by atoms with E-state index in [-0.39, 0.29) is 11.9 Å². The second-order valence-corrected chi connectivity index (χ2v) is 10.3. The minimum absolute atomic E-state index is 0.0191. The maximum absolute atomic E-state index is 13.4. The second-order valence-electron chi connectivity index (χ2n) is 8.33. The van der Waals surface area contributed by atoms with Crippen LogP contribution in [0.15, 0.2) is 93.5 Å². The lowest BCUT2D eigenvalue weighted by Gasteiger charge is -2.22. The van der Waals surface area contributed by atoms with E-state index in [0.717, 1.165) is 26.2 Å². The third-order valence-corrected chi connectivity index (χ3v) is 7.57. The van der Waals surface area contributed by atoms with Crippen molar-refractivity contribution in [1.29, 1.82) is 0 Å². The summed E-state index contributed by atoms with van der Waals surface area (Å²) in [4.78, 5) is 14.5. The summed E-state index contributed by atoms with van der Waals surface area (Å²) in [6, 6.07) is 24.7. The Kier molecular flexibility index (Phi) is 6.13. The number of carbonyl (C=O) groups is 1. The molecule has 1 atom stereocenters. The van der Waals surface area contributed by atoms with Crippen molar-refractivity contribution in [2.75, 3.05) is 5.75 Å². The van der Waals surface area contributed by atoms with E-state index in [1.54, 1.807) is 16.8 Å². The van der Waals surface area contributed by atoms with Crippen LogP contribution in [0.3, 0.4) is 0 Å². The monoisotopic (exact) mass is 517 g/mol. The van der Waals surface area contributed by atoms with Crippen LogP contribution in [0.4, 0.5) is 0 Å². The molecule has 1 aliphatic rings. The van der Waals surface area contributed by atoms with Gasteiger partial charge in [0.25, 0.3) is 5.91 Å². The number of hydrazone groups is 1. The number of nitrogens with zero attached hydrogens (tertiary/aromatic N) is 3. The van der Waals surface area contributed by atoms with Gasteiger partial charge in [-0.05, 0) is 36.2 Å². The lowest BCUT2D eigenvalue weighted by Crippen LogP contribution is -2.28. The maximum atomic E-state index is 13.4. The molecule has 1 aliphatic heterocycles. The minimum atomic E-state index is -0.0927. The molecular weight excluding hydrogens is 494 g/mol. The Balaban J connectivity index is 1.41. The molecule has 166 valence electrons. The summed E-state index contributed by atoms with van der Waals surface area (Å²) in [6.07, 6.45) is 2.80. The van der Waals surface area contributed by atoms with Gasteiger partial charge in [-0.2, -0.15) is 5.10 Å². The fourth-order valence-corrected chi connectivity index (χ4v) is 5.47. The van der Waals surface area contributed by atoms with E-state index in [2.05, 4.69) is 70.0 Å². The number of benzene rings is 3. The summed E-state index contributed by atoms with van der Waals surface area (Å²) in [5, 5.41) is 7.68. The van der Waals surface area contributed by atoms with E-state index >= 15 is 0 Å². The molecule has 0 saturated heterocycles. The molecule has 1 aromatic heterocycles. The highest BCUT2D eigenvalue weighted by Gasteiger charge is 2.33. The van der Waals surface area contributed by atoms with Crippen LogP contribution in [0.2, 0.25) is 0 Å². The van der Waals surface area contributed by atoms with Gasteiger partial charge >= 0.3 is 0 Å². The van der Waals surface area contributed by atoms with Crippen LogP contribution in [0.1, 0.15) is 29.2 Å². The van der Waals surface area contributed by atoms with Crippen molar-refractivity contribution < 1.29 is 4.79 Å². The number of aryl methyl sites for hydroxylation is 2. The number of amides is 1. The number of aromatic nitrogens is 1. The number of thioether (sulfide) groups is 1. The SMILES string of the molecule is Cc1ccc([C@@H]2CC(c3ccc(Br)cc3)=NN2C(=O)CSc2cn(C)c3ccccc23)cc1. The molecule has 6 heteroatoms. The average molecular weight is 518 g/mol. The predicted molar refractivity (Wildman–Crippen MR) is 140 cm³/mol. The molecule has 4 aromatic rings. The van der Waals surface area contributed by atoms with E-state index in [1.807, 2.05) is 43.4 Å². The summed E-state index contributed by atoms with van der Waals surface area (Å²) in [6.45, 7) is 2.08. The molecule has 4 nitrogen and oxygen atoms in total. The second kappa shape index (κ2) is 9.20. The molecule has 0 saturated carbocycles. The van der Waals surface area contributed by atoms with Crippen molar-refractivity contribution in [2.45, 2.75) is 24.3 Å². The molecule has 0 spiro atoms. The van der Waals surface area contributed by atoms with Crippen LogP contribution in [0, 0.1) is 6.92 Å². The Hall–Kier alpha value is -2.83. The van der Waals surface area contributed by atoms with Gasteiger partial charge in [0.05, 0.1) is 17.5 Å². The van der Waals surface area contributed by atoms with Gasteiger partial charge in [0.15, 0.2) is 0 Å². The number of rotatable bonds is 5. The maximum Gasteiger partial charge on any atom is 0.253 e. The fourth-order valence-electron chi connectivity index (χ4n) is 4.23. The summed E-state index contributed by atoms with van der Waals surface area (Å²) in [5.41, 5.74) is 5.47. The van der Waals surface area contributed by atoms with Gasteiger partial charge in [0.2, 0.25) is 0 Å². The van der Waals surface area contributed by atoms with Gasteiger partial charge in [-0.1, -0.05) is 76.1 Å². The first-order chi connectivity index (χ1) is 16.0. The number of halogens is 1. The van der Waals surface area contributed by atoms with E-state index in [4.69, 9.17) is 5.10 Å². The minimum Gasteiger partial charge on any atom is -0.349 e. The van der Waals surface area contributed by atoms with Gasteiger partial charge in [-0.3, -0.25) is 4.79 Å². The number of para-hydroxylation sites is 1. The van der Waals surface area contributed by atoms with Crippen LogP contribution in [-0.2, 0) is 11.8 Å². The van der Waals surface area contributed by atoms with Crippen molar-refractivity contribution >= 4 is 50.2 Å². The highest BCUT2D eigenvalue weighted by Crippen LogP contribution is 2.35.